The Balaban J connectivity index is 1.72. The number of hydrogen-bond acceptors (Lipinski definition) is 7. The largest absolute Gasteiger partial charge is 0.456 e. The third-order valence-corrected chi connectivity index (χ3v) is 7.66. The van der Waals surface area contributed by atoms with Crippen molar-refractivity contribution in [1.29, 1.82) is 0 Å². The molecule has 1 aliphatic heterocycles. The number of fused-ring (bicyclic) bond motifs is 1. The van der Waals surface area contributed by atoms with Gasteiger partial charge in [-0.2, -0.15) is 0 Å². The standard InChI is InChI=1S/C20H21N3O5S/c1-2-29(25,26)20(22,13-6-7-13)14-8-12(9-23-10-14)17-11-27-18-15(19(21)24)4-3-5-16(18)28-17/h3-5,8-11,13H,2,6-7,22H2,1H3,(H2,21,24). The van der Waals surface area contributed by atoms with Crippen molar-refractivity contribution < 1.29 is 22.7 Å². The number of sulfone groups is 1. The van der Waals surface area contributed by atoms with Crippen LogP contribution in [0.3, 0.4) is 0 Å². The van der Waals surface area contributed by atoms with Gasteiger partial charge in [-0.15, -0.1) is 0 Å². The minimum atomic E-state index is -3.57. The lowest BCUT2D eigenvalue weighted by atomic mass is 10.0. The number of para-hydroxylation sites is 1. The maximum absolute atomic E-state index is 12.8. The molecule has 29 heavy (non-hydrogen) atoms. The maximum atomic E-state index is 12.8. The first-order valence-corrected chi connectivity index (χ1v) is 10.9. The quantitative estimate of drug-likeness (QED) is 0.736. The van der Waals surface area contributed by atoms with Gasteiger partial charge in [0.25, 0.3) is 5.91 Å². The molecule has 1 aromatic carbocycles. The van der Waals surface area contributed by atoms with Gasteiger partial charge in [0, 0.05) is 29.3 Å². The molecule has 1 unspecified atom stereocenters. The summed E-state index contributed by atoms with van der Waals surface area (Å²) in [5, 5.41) is 0. The second kappa shape index (κ2) is 6.85. The lowest BCUT2D eigenvalue weighted by Gasteiger charge is -2.29. The van der Waals surface area contributed by atoms with Gasteiger partial charge in [-0.25, -0.2) is 8.42 Å². The molecular weight excluding hydrogens is 394 g/mol. The van der Waals surface area contributed by atoms with Crippen LogP contribution in [0, 0.1) is 5.92 Å². The average Bonchev–Trinajstić information content (AvgIpc) is 3.57. The van der Waals surface area contributed by atoms with Crippen LogP contribution in [-0.2, 0) is 14.7 Å². The molecule has 9 heteroatoms. The minimum absolute atomic E-state index is 0.0597. The predicted molar refractivity (Wildman–Crippen MR) is 106 cm³/mol. The first-order chi connectivity index (χ1) is 13.8. The van der Waals surface area contributed by atoms with Crippen molar-refractivity contribution in [1.82, 2.24) is 4.98 Å². The first-order valence-electron chi connectivity index (χ1n) is 9.22. The first kappa shape index (κ1) is 19.4. The SMILES string of the molecule is CCS(=O)(=O)C(N)(c1cncc(C2=COc3c(cccc3C(N)=O)O2)c1)C1CC1. The molecule has 4 N–H and O–H groups in total. The van der Waals surface area contributed by atoms with Crippen molar-refractivity contribution in [2.24, 2.45) is 17.4 Å². The fraction of sp³-hybridized carbons (Fsp3) is 0.300. The molecule has 1 aromatic heterocycles. The van der Waals surface area contributed by atoms with E-state index < -0.39 is 20.6 Å². The molecule has 8 nitrogen and oxygen atoms in total. The Morgan fingerprint density at radius 1 is 1.31 bits per heavy atom. The number of nitrogens with two attached hydrogens (primary N) is 2. The second-order valence-corrected chi connectivity index (χ2v) is 9.61. The Bertz CT molecular complexity index is 1120. The number of nitrogens with zero attached hydrogens (tertiary/aromatic N) is 1. The third-order valence-electron chi connectivity index (χ3n) is 5.30. The second-order valence-electron chi connectivity index (χ2n) is 7.13. The Kier molecular flexibility index (Phi) is 4.59. The number of primary amides is 1. The number of rotatable bonds is 6. The summed E-state index contributed by atoms with van der Waals surface area (Å²) in [4.78, 5) is 14.3. The van der Waals surface area contributed by atoms with E-state index >= 15 is 0 Å². The molecule has 1 amide bonds. The topological polar surface area (TPSA) is 135 Å². The smallest absolute Gasteiger partial charge is 0.252 e. The number of carbonyl (C=O) groups is 1. The lowest BCUT2D eigenvalue weighted by Crippen LogP contribution is -2.47. The Morgan fingerprint density at radius 2 is 2.07 bits per heavy atom. The maximum Gasteiger partial charge on any atom is 0.252 e. The van der Waals surface area contributed by atoms with Crippen LogP contribution in [-0.4, -0.2) is 25.1 Å². The van der Waals surface area contributed by atoms with E-state index in [4.69, 9.17) is 20.9 Å². The molecule has 0 spiro atoms. The summed E-state index contributed by atoms with van der Waals surface area (Å²) >= 11 is 0. The molecule has 0 bridgehead atoms. The highest BCUT2D eigenvalue weighted by molar-refractivity contribution is 7.92. The number of hydrogen-bond donors (Lipinski definition) is 2. The number of benzene rings is 1. The number of amides is 1. The number of aromatic nitrogens is 1. The van der Waals surface area contributed by atoms with Crippen LogP contribution in [0.5, 0.6) is 11.5 Å². The molecule has 2 aromatic rings. The highest BCUT2D eigenvalue weighted by Crippen LogP contribution is 2.48. The van der Waals surface area contributed by atoms with Gasteiger partial charge >= 0.3 is 0 Å². The van der Waals surface area contributed by atoms with E-state index in [0.717, 1.165) is 12.8 Å². The molecule has 4 rings (SSSR count). The zero-order valence-corrected chi connectivity index (χ0v) is 16.6. The zero-order valence-electron chi connectivity index (χ0n) is 15.8. The molecule has 0 saturated heterocycles. The third kappa shape index (κ3) is 3.16. The van der Waals surface area contributed by atoms with E-state index in [9.17, 15) is 13.2 Å². The van der Waals surface area contributed by atoms with Crippen LogP contribution in [0.15, 0.2) is 42.9 Å². The Hall–Kier alpha value is -2.91. The summed E-state index contributed by atoms with van der Waals surface area (Å²) in [5.74, 6) is 0.0455. The van der Waals surface area contributed by atoms with E-state index in [1.807, 2.05) is 0 Å². The van der Waals surface area contributed by atoms with Crippen molar-refractivity contribution >= 4 is 21.5 Å². The summed E-state index contributed by atoms with van der Waals surface area (Å²) in [5.41, 5.74) is 13.0. The molecule has 2 aliphatic rings. The van der Waals surface area contributed by atoms with Gasteiger partial charge in [0.1, 0.15) is 11.1 Å². The Morgan fingerprint density at radius 3 is 2.72 bits per heavy atom. The molecule has 0 radical (unpaired) electrons. The van der Waals surface area contributed by atoms with Gasteiger partial charge in [0.05, 0.1) is 5.56 Å². The average molecular weight is 415 g/mol. The van der Waals surface area contributed by atoms with Gasteiger partial charge in [-0.1, -0.05) is 13.0 Å². The molecule has 152 valence electrons. The van der Waals surface area contributed by atoms with Gasteiger partial charge < -0.3 is 20.9 Å². The van der Waals surface area contributed by atoms with Gasteiger partial charge in [-0.05, 0) is 37.0 Å². The van der Waals surface area contributed by atoms with Gasteiger partial charge in [-0.3, -0.25) is 9.78 Å². The van der Waals surface area contributed by atoms with E-state index in [1.165, 1.54) is 18.7 Å². The van der Waals surface area contributed by atoms with Crippen molar-refractivity contribution in [3.05, 3.63) is 59.6 Å². The number of carbonyl (C=O) groups excluding carboxylic acids is 1. The highest BCUT2D eigenvalue weighted by Gasteiger charge is 2.52. The van der Waals surface area contributed by atoms with Crippen molar-refractivity contribution in [3.63, 3.8) is 0 Å². The van der Waals surface area contributed by atoms with Crippen LogP contribution in [0.2, 0.25) is 0 Å². The Labute approximate surface area is 168 Å². The fourth-order valence-corrected chi connectivity index (χ4v) is 5.19. The van der Waals surface area contributed by atoms with Crippen LogP contribution in [0.1, 0.15) is 41.3 Å². The van der Waals surface area contributed by atoms with Crippen molar-refractivity contribution in [3.8, 4) is 11.5 Å². The van der Waals surface area contributed by atoms with Crippen LogP contribution < -0.4 is 20.9 Å². The summed E-state index contributed by atoms with van der Waals surface area (Å²) in [6.45, 7) is 1.59. The summed E-state index contributed by atoms with van der Waals surface area (Å²) < 4.78 is 37.0. The molecule has 1 aliphatic carbocycles. The van der Waals surface area contributed by atoms with E-state index in [0.29, 0.717) is 22.6 Å². The minimum Gasteiger partial charge on any atom is -0.456 e. The normalized spacial score (nSPS) is 17.9. The number of pyridine rings is 1. The zero-order chi connectivity index (χ0) is 20.8. The van der Waals surface area contributed by atoms with Crippen LogP contribution in [0.4, 0.5) is 0 Å². The van der Waals surface area contributed by atoms with Gasteiger partial charge in [0.15, 0.2) is 27.1 Å². The van der Waals surface area contributed by atoms with Crippen molar-refractivity contribution in [2.45, 2.75) is 24.6 Å². The highest BCUT2D eigenvalue weighted by atomic mass is 32.2. The molecular formula is C20H21N3O5S. The van der Waals surface area contributed by atoms with E-state index in [-0.39, 0.29) is 23.0 Å². The molecule has 1 saturated carbocycles. The summed E-state index contributed by atoms with van der Waals surface area (Å²) in [6, 6.07) is 6.48. The van der Waals surface area contributed by atoms with Crippen LogP contribution in [0.25, 0.3) is 5.76 Å². The lowest BCUT2D eigenvalue weighted by molar-refractivity contribution is 0.0997. The fourth-order valence-electron chi connectivity index (χ4n) is 3.50. The van der Waals surface area contributed by atoms with E-state index in [1.54, 1.807) is 31.2 Å². The monoisotopic (exact) mass is 415 g/mol. The van der Waals surface area contributed by atoms with Crippen LogP contribution >= 0.6 is 0 Å². The molecule has 1 atom stereocenters. The molecule has 2 heterocycles. The number of ether oxygens (including phenoxy) is 2. The predicted octanol–water partition coefficient (Wildman–Crippen LogP) is 1.91. The van der Waals surface area contributed by atoms with E-state index in [2.05, 4.69) is 4.98 Å². The summed E-state index contributed by atoms with van der Waals surface area (Å²) in [6.07, 6.45) is 5.86. The van der Waals surface area contributed by atoms with Crippen molar-refractivity contribution in [2.75, 3.05) is 5.75 Å². The summed E-state index contributed by atoms with van der Waals surface area (Å²) in [7, 11) is -3.57. The van der Waals surface area contributed by atoms with Gasteiger partial charge in [0.2, 0.25) is 0 Å². The molecule has 1 fully saturated rings.